The van der Waals surface area contributed by atoms with Crippen molar-refractivity contribution in [1.29, 1.82) is 5.41 Å². The number of H-pyrrole nitrogens is 1. The van der Waals surface area contributed by atoms with Gasteiger partial charge in [0, 0.05) is 29.3 Å². The Kier molecular flexibility index (Phi) is 7.51. The largest absolute Gasteiger partial charge is 0.481 e. The molecule has 0 fully saturated rings. The fraction of sp³-hybridized carbons (Fsp3) is 0.167. The molecule has 154 valence electrons. The molecule has 0 atom stereocenters. The number of aromatic nitrogens is 1. The van der Waals surface area contributed by atoms with E-state index < -0.39 is 5.97 Å². The first-order chi connectivity index (χ1) is 14.5. The third kappa shape index (κ3) is 5.87. The molecule has 0 saturated carbocycles. The van der Waals surface area contributed by atoms with E-state index in [4.69, 9.17) is 16.2 Å². The molecule has 0 bridgehead atoms. The minimum absolute atomic E-state index is 0.169. The number of hydrogen-bond acceptors (Lipinski definition) is 3. The summed E-state index contributed by atoms with van der Waals surface area (Å²) in [5, 5.41) is 19.6. The van der Waals surface area contributed by atoms with Crippen molar-refractivity contribution in [3.63, 3.8) is 0 Å². The number of para-hydroxylation sites is 1. The number of carboxylic acids is 1. The number of rotatable bonds is 6. The molecule has 0 aliphatic rings. The quantitative estimate of drug-likeness (QED) is 0.243. The zero-order valence-corrected chi connectivity index (χ0v) is 17.4. The zero-order valence-electron chi connectivity index (χ0n) is 16.6. The Morgan fingerprint density at radius 2 is 1.67 bits per heavy atom. The van der Waals surface area contributed by atoms with Crippen molar-refractivity contribution in [1.82, 2.24) is 4.98 Å². The van der Waals surface area contributed by atoms with Crippen LogP contribution in [-0.4, -0.2) is 21.2 Å². The van der Waals surface area contributed by atoms with Gasteiger partial charge in [-0.25, -0.2) is 0 Å². The number of carboxylic acid groups (broad SMARTS) is 1. The van der Waals surface area contributed by atoms with E-state index in [2.05, 4.69) is 35.3 Å². The zero-order chi connectivity index (χ0) is 21.3. The number of aromatic amines is 1. The molecule has 0 unspecified atom stereocenters. The van der Waals surface area contributed by atoms with Crippen LogP contribution >= 0.6 is 11.8 Å². The van der Waals surface area contributed by atoms with Crippen LogP contribution in [-0.2, 0) is 17.0 Å². The van der Waals surface area contributed by atoms with Gasteiger partial charge in [0.1, 0.15) is 0 Å². The molecule has 0 aliphatic heterocycles. The van der Waals surface area contributed by atoms with Gasteiger partial charge >= 0.3 is 5.97 Å². The van der Waals surface area contributed by atoms with Crippen molar-refractivity contribution >= 4 is 44.6 Å². The molecule has 0 saturated heterocycles. The molecule has 1 aromatic heterocycles. The lowest BCUT2D eigenvalue weighted by Crippen LogP contribution is -2.03. The van der Waals surface area contributed by atoms with E-state index in [0.717, 1.165) is 17.7 Å². The molecule has 3 aromatic carbocycles. The predicted molar refractivity (Wildman–Crippen MR) is 126 cm³/mol. The number of fused-ring (bicyclic) bond motifs is 2. The van der Waals surface area contributed by atoms with Crippen LogP contribution in [0, 0.1) is 5.41 Å². The number of amidine groups is 1. The van der Waals surface area contributed by atoms with Gasteiger partial charge in [-0.2, -0.15) is 0 Å². The van der Waals surface area contributed by atoms with E-state index in [-0.39, 0.29) is 11.6 Å². The molecule has 1 heterocycles. The third-order valence-corrected chi connectivity index (χ3v) is 5.54. The van der Waals surface area contributed by atoms with Gasteiger partial charge in [-0.15, -0.1) is 0 Å². The lowest BCUT2D eigenvalue weighted by Gasteiger charge is -2.05. The highest BCUT2D eigenvalue weighted by atomic mass is 32.2. The average molecular weight is 420 g/mol. The minimum Gasteiger partial charge on any atom is -0.481 e. The number of nitrogens with one attached hydrogen (secondary N) is 2. The number of benzene rings is 3. The molecule has 0 radical (unpaired) electrons. The van der Waals surface area contributed by atoms with Gasteiger partial charge in [0.2, 0.25) is 0 Å². The van der Waals surface area contributed by atoms with Gasteiger partial charge in [0.05, 0.1) is 0 Å². The normalized spacial score (nSPS) is 10.5. The van der Waals surface area contributed by atoms with E-state index >= 15 is 0 Å². The molecule has 0 spiro atoms. The second-order valence-corrected chi connectivity index (χ2v) is 7.92. The van der Waals surface area contributed by atoms with Crippen LogP contribution in [0.4, 0.5) is 0 Å². The van der Waals surface area contributed by atoms with Crippen LogP contribution in [0.1, 0.15) is 24.0 Å². The molecule has 0 amide bonds. The molecule has 5 N–H and O–H groups in total. The smallest absolute Gasteiger partial charge is 0.303 e. The highest BCUT2D eigenvalue weighted by Crippen LogP contribution is 2.22. The second kappa shape index (κ2) is 10.5. The first kappa shape index (κ1) is 21.5. The van der Waals surface area contributed by atoms with Crippen LogP contribution in [0.5, 0.6) is 0 Å². The average Bonchev–Trinajstić information content (AvgIpc) is 3.15. The highest BCUT2D eigenvalue weighted by Gasteiger charge is 2.04. The van der Waals surface area contributed by atoms with E-state index in [1.165, 1.54) is 39.0 Å². The van der Waals surface area contributed by atoms with Gasteiger partial charge in [-0.05, 0) is 40.8 Å². The lowest BCUT2D eigenvalue weighted by molar-refractivity contribution is -0.137. The van der Waals surface area contributed by atoms with Gasteiger partial charge in [0.15, 0.2) is 5.17 Å². The van der Waals surface area contributed by atoms with Gasteiger partial charge in [0.25, 0.3) is 0 Å². The summed E-state index contributed by atoms with van der Waals surface area (Å²) in [4.78, 5) is 13.6. The molecule has 0 aliphatic carbocycles. The maximum atomic E-state index is 10.4. The van der Waals surface area contributed by atoms with E-state index in [0.29, 0.717) is 6.42 Å². The Morgan fingerprint density at radius 3 is 2.43 bits per heavy atom. The number of nitrogens with two attached hydrogens (primary N) is 1. The Hall–Kier alpha value is -3.25. The van der Waals surface area contributed by atoms with Crippen molar-refractivity contribution in [3.05, 3.63) is 84.1 Å². The van der Waals surface area contributed by atoms with Crippen LogP contribution in [0.25, 0.3) is 21.7 Å². The summed E-state index contributed by atoms with van der Waals surface area (Å²) < 4.78 is 0. The lowest BCUT2D eigenvalue weighted by atomic mass is 10.1. The van der Waals surface area contributed by atoms with Gasteiger partial charge < -0.3 is 15.8 Å². The van der Waals surface area contributed by atoms with Crippen molar-refractivity contribution in [3.8, 4) is 0 Å². The fourth-order valence-electron chi connectivity index (χ4n) is 3.34. The summed E-state index contributed by atoms with van der Waals surface area (Å²) in [6.07, 6.45) is 3.71. The van der Waals surface area contributed by atoms with Crippen LogP contribution in [0.2, 0.25) is 0 Å². The molecule has 6 heteroatoms. The van der Waals surface area contributed by atoms with Crippen LogP contribution < -0.4 is 5.73 Å². The molecule has 30 heavy (non-hydrogen) atoms. The molecule has 5 nitrogen and oxygen atoms in total. The Balaban J connectivity index is 0.000000171. The molecular weight excluding hydrogens is 394 g/mol. The number of carbonyl (C=O) groups is 1. The second-order valence-electron chi connectivity index (χ2n) is 6.90. The maximum Gasteiger partial charge on any atom is 0.303 e. The minimum atomic E-state index is -0.727. The summed E-state index contributed by atoms with van der Waals surface area (Å²) in [6, 6.07) is 22.5. The summed E-state index contributed by atoms with van der Waals surface area (Å²) in [5.74, 6) is 0.0336. The van der Waals surface area contributed by atoms with Crippen molar-refractivity contribution < 1.29 is 9.90 Å². The highest BCUT2D eigenvalue weighted by molar-refractivity contribution is 8.13. The predicted octanol–water partition coefficient (Wildman–Crippen LogP) is 5.54. The monoisotopic (exact) mass is 419 g/mol. The van der Waals surface area contributed by atoms with Gasteiger partial charge in [-0.3, -0.25) is 10.2 Å². The maximum absolute atomic E-state index is 10.4. The van der Waals surface area contributed by atoms with E-state index in [1.54, 1.807) is 0 Å². The SMILES string of the molecule is N=C(N)SCc1cccc2ccccc12.O=C(O)CCCc1c[nH]c2ccccc12. The standard InChI is InChI=1S/C12H12N2S.C12H13NO2/c13-12(14)15-8-10-6-3-5-9-4-1-2-7-11(9)10;14-12(15)7-3-4-9-8-13-11-6-2-1-5-10(9)11/h1-7H,8H2,(H3,13,14);1-2,5-6,8,13H,3-4,7H2,(H,14,15). The van der Waals surface area contributed by atoms with Crippen molar-refractivity contribution in [2.75, 3.05) is 0 Å². The Morgan fingerprint density at radius 1 is 0.967 bits per heavy atom. The first-order valence-corrected chi connectivity index (χ1v) is 10.7. The summed E-state index contributed by atoms with van der Waals surface area (Å²) in [7, 11) is 0. The molecule has 4 rings (SSSR count). The van der Waals surface area contributed by atoms with Crippen molar-refractivity contribution in [2.45, 2.75) is 25.0 Å². The van der Waals surface area contributed by atoms with Crippen LogP contribution in [0.3, 0.4) is 0 Å². The third-order valence-electron chi connectivity index (χ3n) is 4.77. The van der Waals surface area contributed by atoms with Crippen LogP contribution in [0.15, 0.2) is 72.9 Å². The Bertz CT molecular complexity index is 1150. The number of aliphatic carboxylic acids is 1. The summed E-state index contributed by atoms with van der Waals surface area (Å²) in [6.45, 7) is 0. The van der Waals surface area contributed by atoms with Gasteiger partial charge in [-0.1, -0.05) is 72.4 Å². The number of hydrogen-bond donors (Lipinski definition) is 4. The summed E-state index contributed by atoms with van der Waals surface area (Å²) >= 11 is 1.36. The van der Waals surface area contributed by atoms with E-state index in [1.807, 2.05) is 42.6 Å². The van der Waals surface area contributed by atoms with Crippen molar-refractivity contribution in [2.24, 2.45) is 5.73 Å². The topological polar surface area (TPSA) is 103 Å². The summed E-state index contributed by atoms with van der Waals surface area (Å²) in [5.41, 5.74) is 8.88. The number of aryl methyl sites for hydroxylation is 1. The molecular formula is C24H25N3O2S. The molecule has 4 aromatic rings. The van der Waals surface area contributed by atoms with E-state index in [9.17, 15) is 4.79 Å². The first-order valence-electron chi connectivity index (χ1n) is 9.75. The fourth-order valence-corrected chi connectivity index (χ4v) is 3.91. The Labute approximate surface area is 179 Å². The number of thioether (sulfide) groups is 1.